The van der Waals surface area contributed by atoms with Gasteiger partial charge in [0.05, 0.1) is 0 Å². The van der Waals surface area contributed by atoms with Gasteiger partial charge < -0.3 is 10.2 Å². The second kappa shape index (κ2) is 8.33. The van der Waals surface area contributed by atoms with Crippen molar-refractivity contribution >= 4 is 30.7 Å². The molecule has 0 radical (unpaired) electrons. The van der Waals surface area contributed by atoms with Gasteiger partial charge in [0, 0.05) is 51.5 Å². The number of carbonyl (C=O) groups is 1. The fourth-order valence-corrected chi connectivity index (χ4v) is 1.72. The molecule has 0 aromatic carbocycles. The predicted molar refractivity (Wildman–Crippen MR) is 70.8 cm³/mol. The summed E-state index contributed by atoms with van der Waals surface area (Å²) in [5.74, 6) is 0.229. The Morgan fingerprint density at radius 2 is 2.00 bits per heavy atom. The number of piperazine rings is 1. The highest BCUT2D eigenvalue weighted by atomic mass is 35.5. The Morgan fingerprint density at radius 1 is 1.29 bits per heavy atom. The van der Waals surface area contributed by atoms with Crippen LogP contribution in [0.2, 0.25) is 0 Å². The second-order valence-corrected chi connectivity index (χ2v) is 3.65. The Morgan fingerprint density at radius 3 is 2.59 bits per heavy atom. The molecule has 1 aromatic rings. The van der Waals surface area contributed by atoms with Gasteiger partial charge in [0.2, 0.25) is 5.91 Å². The van der Waals surface area contributed by atoms with Crippen LogP contribution < -0.4 is 5.32 Å². The molecule has 0 aliphatic carbocycles. The number of hydrogen-bond acceptors (Lipinski definition) is 3. The summed E-state index contributed by atoms with van der Waals surface area (Å²) in [6.45, 7) is 4.16. The van der Waals surface area contributed by atoms with Crippen molar-refractivity contribution in [2.24, 2.45) is 0 Å². The maximum Gasteiger partial charge on any atom is 0.224 e. The SMILES string of the molecule is Cl.Cl.O=C(CCn1cccn1)N1CCNCC1. The molecular weight excluding hydrogens is 263 g/mol. The van der Waals surface area contributed by atoms with E-state index in [0.29, 0.717) is 13.0 Å². The molecule has 1 aliphatic rings. The molecule has 1 N–H and O–H groups in total. The Hall–Kier alpha value is -0.780. The number of halogens is 2. The second-order valence-electron chi connectivity index (χ2n) is 3.65. The third-order valence-corrected chi connectivity index (χ3v) is 2.58. The van der Waals surface area contributed by atoms with Gasteiger partial charge in [-0.2, -0.15) is 5.10 Å². The summed E-state index contributed by atoms with van der Waals surface area (Å²) in [4.78, 5) is 13.7. The van der Waals surface area contributed by atoms with E-state index >= 15 is 0 Å². The molecular formula is C10H18Cl2N4O. The highest BCUT2D eigenvalue weighted by Crippen LogP contribution is 1.98. The van der Waals surface area contributed by atoms with Gasteiger partial charge in [-0.3, -0.25) is 9.48 Å². The van der Waals surface area contributed by atoms with Gasteiger partial charge in [-0.1, -0.05) is 0 Å². The molecule has 1 fully saturated rings. The number of nitrogens with zero attached hydrogens (tertiary/aromatic N) is 3. The largest absolute Gasteiger partial charge is 0.340 e. The van der Waals surface area contributed by atoms with E-state index in [-0.39, 0.29) is 30.7 Å². The maximum atomic E-state index is 11.8. The van der Waals surface area contributed by atoms with Crippen LogP contribution in [0.5, 0.6) is 0 Å². The maximum absolute atomic E-state index is 11.8. The van der Waals surface area contributed by atoms with Crippen LogP contribution >= 0.6 is 24.8 Å². The molecule has 1 saturated heterocycles. The van der Waals surface area contributed by atoms with E-state index in [1.807, 2.05) is 17.2 Å². The Balaban J connectivity index is 0.00000128. The minimum atomic E-state index is 0. The van der Waals surface area contributed by atoms with Crippen molar-refractivity contribution in [3.63, 3.8) is 0 Å². The van der Waals surface area contributed by atoms with E-state index in [1.54, 1.807) is 10.9 Å². The molecule has 0 spiro atoms. The highest BCUT2D eigenvalue weighted by Gasteiger charge is 2.15. The van der Waals surface area contributed by atoms with Crippen molar-refractivity contribution in [2.75, 3.05) is 26.2 Å². The molecule has 0 saturated carbocycles. The van der Waals surface area contributed by atoms with Crippen molar-refractivity contribution in [1.82, 2.24) is 20.0 Å². The Kier molecular flexibility index (Phi) is 7.95. The Labute approximate surface area is 113 Å². The van der Waals surface area contributed by atoms with Crippen molar-refractivity contribution in [3.05, 3.63) is 18.5 Å². The van der Waals surface area contributed by atoms with E-state index in [2.05, 4.69) is 10.4 Å². The lowest BCUT2D eigenvalue weighted by molar-refractivity contribution is -0.132. The normalized spacial score (nSPS) is 14.7. The molecule has 1 amide bonds. The number of nitrogens with one attached hydrogen (secondary N) is 1. The van der Waals surface area contributed by atoms with Crippen molar-refractivity contribution < 1.29 is 4.79 Å². The first kappa shape index (κ1) is 16.2. The number of rotatable bonds is 3. The molecule has 0 unspecified atom stereocenters. The summed E-state index contributed by atoms with van der Waals surface area (Å²) in [5, 5.41) is 7.29. The van der Waals surface area contributed by atoms with E-state index < -0.39 is 0 Å². The lowest BCUT2D eigenvalue weighted by Crippen LogP contribution is -2.46. The van der Waals surface area contributed by atoms with Crippen LogP contribution in [-0.4, -0.2) is 46.8 Å². The molecule has 98 valence electrons. The van der Waals surface area contributed by atoms with Crippen LogP contribution in [0.3, 0.4) is 0 Å². The fraction of sp³-hybridized carbons (Fsp3) is 0.600. The van der Waals surface area contributed by atoms with Crippen molar-refractivity contribution in [2.45, 2.75) is 13.0 Å². The van der Waals surface area contributed by atoms with E-state index in [1.165, 1.54) is 0 Å². The van der Waals surface area contributed by atoms with Gasteiger partial charge in [0.15, 0.2) is 0 Å². The quantitative estimate of drug-likeness (QED) is 0.880. The predicted octanol–water partition coefficient (Wildman–Crippen LogP) is 0.549. The molecule has 1 aliphatic heterocycles. The zero-order valence-electron chi connectivity index (χ0n) is 9.54. The van der Waals surface area contributed by atoms with Crippen molar-refractivity contribution in [3.8, 4) is 0 Å². The van der Waals surface area contributed by atoms with Crippen LogP contribution in [-0.2, 0) is 11.3 Å². The van der Waals surface area contributed by atoms with E-state index in [0.717, 1.165) is 26.2 Å². The minimum absolute atomic E-state index is 0. The number of hydrogen-bond donors (Lipinski definition) is 1. The first-order valence-corrected chi connectivity index (χ1v) is 5.32. The standard InChI is InChI=1S/C10H16N4O.2ClH/c15-10(13-8-4-11-5-9-13)2-7-14-6-1-3-12-14;;/h1,3,6,11H,2,4-5,7-9H2;2*1H. The molecule has 7 heteroatoms. The van der Waals surface area contributed by atoms with Crippen LogP contribution in [0, 0.1) is 0 Å². The molecule has 17 heavy (non-hydrogen) atoms. The minimum Gasteiger partial charge on any atom is -0.340 e. The van der Waals surface area contributed by atoms with Crippen LogP contribution in [0.15, 0.2) is 18.5 Å². The topological polar surface area (TPSA) is 50.2 Å². The van der Waals surface area contributed by atoms with Gasteiger partial charge in [-0.15, -0.1) is 24.8 Å². The van der Waals surface area contributed by atoms with Gasteiger partial charge in [0.25, 0.3) is 0 Å². The summed E-state index contributed by atoms with van der Waals surface area (Å²) in [6.07, 6.45) is 4.15. The first-order valence-electron chi connectivity index (χ1n) is 5.32. The molecule has 2 heterocycles. The summed E-state index contributed by atoms with van der Waals surface area (Å²) in [5.41, 5.74) is 0. The molecule has 2 rings (SSSR count). The summed E-state index contributed by atoms with van der Waals surface area (Å²) < 4.78 is 1.79. The third-order valence-electron chi connectivity index (χ3n) is 2.58. The van der Waals surface area contributed by atoms with Gasteiger partial charge in [0.1, 0.15) is 0 Å². The smallest absolute Gasteiger partial charge is 0.224 e. The highest BCUT2D eigenvalue weighted by molar-refractivity contribution is 5.85. The molecule has 0 atom stereocenters. The average molecular weight is 281 g/mol. The van der Waals surface area contributed by atoms with Gasteiger partial charge >= 0.3 is 0 Å². The fourth-order valence-electron chi connectivity index (χ4n) is 1.72. The summed E-state index contributed by atoms with van der Waals surface area (Å²) >= 11 is 0. The first-order chi connectivity index (χ1) is 7.36. The summed E-state index contributed by atoms with van der Waals surface area (Å²) in [7, 11) is 0. The van der Waals surface area contributed by atoms with E-state index in [4.69, 9.17) is 0 Å². The Bertz CT molecular complexity index is 312. The molecule has 5 nitrogen and oxygen atoms in total. The number of aromatic nitrogens is 2. The van der Waals surface area contributed by atoms with Crippen LogP contribution in [0.1, 0.15) is 6.42 Å². The third kappa shape index (κ3) is 4.93. The van der Waals surface area contributed by atoms with Crippen LogP contribution in [0.4, 0.5) is 0 Å². The monoisotopic (exact) mass is 280 g/mol. The van der Waals surface area contributed by atoms with E-state index in [9.17, 15) is 4.79 Å². The van der Waals surface area contributed by atoms with Gasteiger partial charge in [-0.05, 0) is 6.07 Å². The zero-order valence-corrected chi connectivity index (χ0v) is 11.2. The number of carbonyl (C=O) groups excluding carboxylic acids is 1. The lowest BCUT2D eigenvalue weighted by Gasteiger charge is -2.27. The van der Waals surface area contributed by atoms with Gasteiger partial charge in [-0.25, -0.2) is 0 Å². The number of amides is 1. The van der Waals surface area contributed by atoms with Crippen molar-refractivity contribution in [1.29, 1.82) is 0 Å². The zero-order chi connectivity index (χ0) is 10.5. The number of aryl methyl sites for hydroxylation is 1. The average Bonchev–Trinajstić information content (AvgIpc) is 2.80. The molecule has 1 aromatic heterocycles. The summed E-state index contributed by atoms with van der Waals surface area (Å²) in [6, 6.07) is 1.87. The van der Waals surface area contributed by atoms with Crippen LogP contribution in [0.25, 0.3) is 0 Å². The molecule has 0 bridgehead atoms. The lowest BCUT2D eigenvalue weighted by atomic mass is 10.3.